The molecule has 0 atom stereocenters. The van der Waals surface area contributed by atoms with E-state index in [1.807, 2.05) is 91.9 Å². The number of nitrogens with zero attached hydrogens (tertiary/aromatic N) is 2. The van der Waals surface area contributed by atoms with Crippen LogP contribution in [0, 0.1) is 6.92 Å². The van der Waals surface area contributed by atoms with Crippen LogP contribution in [0.5, 0.6) is 0 Å². The highest BCUT2D eigenvalue weighted by molar-refractivity contribution is 7.81. The van der Waals surface area contributed by atoms with E-state index in [1.54, 1.807) is 9.80 Å². The molecule has 4 rings (SSSR count). The maximum atomic E-state index is 13.4. The van der Waals surface area contributed by atoms with Gasteiger partial charge in [0.25, 0.3) is 0 Å². The molecule has 0 spiro atoms. The van der Waals surface area contributed by atoms with Crippen molar-refractivity contribution < 1.29 is 4.79 Å². The lowest BCUT2D eigenvalue weighted by Crippen LogP contribution is -2.32. The van der Waals surface area contributed by atoms with E-state index in [2.05, 4.69) is 0 Å². The van der Waals surface area contributed by atoms with Gasteiger partial charge < -0.3 is 0 Å². The summed E-state index contributed by atoms with van der Waals surface area (Å²) in [5.41, 5.74) is 4.22. The standard InChI is InChI=1S/C23H17ClN2OS/c1-16-7-13-20(14-8-16)26-22(28)21(15-17-9-11-18(24)12-10-17)25(23(26)27)19-5-3-2-4-6-19/h2-15H,1H3/b21-15-. The zero-order valence-corrected chi connectivity index (χ0v) is 16.7. The molecule has 0 saturated carbocycles. The first-order chi connectivity index (χ1) is 13.5. The van der Waals surface area contributed by atoms with Gasteiger partial charge in [-0.3, -0.25) is 9.80 Å². The molecule has 5 heteroatoms. The number of hydrogen-bond acceptors (Lipinski definition) is 2. The fraction of sp³-hybridized carbons (Fsp3) is 0.0435. The van der Waals surface area contributed by atoms with Crippen LogP contribution in [0.2, 0.25) is 5.02 Å². The maximum Gasteiger partial charge on any atom is 0.339 e. The largest absolute Gasteiger partial charge is 0.339 e. The minimum Gasteiger partial charge on any atom is -0.259 e. The third-order valence-electron chi connectivity index (χ3n) is 4.53. The highest BCUT2D eigenvalue weighted by Crippen LogP contribution is 2.34. The van der Waals surface area contributed by atoms with Crippen LogP contribution in [-0.2, 0) is 0 Å². The van der Waals surface area contributed by atoms with Crippen LogP contribution in [0.3, 0.4) is 0 Å². The van der Waals surface area contributed by atoms with Gasteiger partial charge in [0.2, 0.25) is 0 Å². The fourth-order valence-corrected chi connectivity index (χ4v) is 3.55. The molecule has 3 aromatic carbocycles. The van der Waals surface area contributed by atoms with Gasteiger partial charge in [-0.1, -0.05) is 71.8 Å². The number of urea groups is 1. The maximum absolute atomic E-state index is 13.4. The SMILES string of the molecule is Cc1ccc(N2C(=O)N(c3ccccc3)/C(=C\c3ccc(Cl)cc3)C2=S)cc1. The molecular weight excluding hydrogens is 388 g/mol. The fourth-order valence-electron chi connectivity index (χ4n) is 3.09. The number of aryl methyl sites for hydroxylation is 1. The molecular formula is C23H17ClN2OS. The van der Waals surface area contributed by atoms with Gasteiger partial charge in [-0.25, -0.2) is 4.79 Å². The molecule has 2 amide bonds. The van der Waals surface area contributed by atoms with Crippen molar-refractivity contribution in [2.45, 2.75) is 6.92 Å². The Balaban J connectivity index is 1.83. The topological polar surface area (TPSA) is 23.6 Å². The highest BCUT2D eigenvalue weighted by Gasteiger charge is 2.39. The summed E-state index contributed by atoms with van der Waals surface area (Å²) < 4.78 is 0. The minimum atomic E-state index is -0.194. The second kappa shape index (κ2) is 7.58. The molecule has 1 saturated heterocycles. The normalized spacial score (nSPS) is 15.6. The number of carbonyl (C=O) groups is 1. The van der Waals surface area contributed by atoms with E-state index in [4.69, 9.17) is 23.8 Å². The number of thiocarbonyl (C=S) groups is 1. The van der Waals surface area contributed by atoms with Crippen LogP contribution in [-0.4, -0.2) is 11.0 Å². The molecule has 3 nitrogen and oxygen atoms in total. The molecule has 1 aliphatic rings. The van der Waals surface area contributed by atoms with E-state index in [0.717, 1.165) is 22.5 Å². The van der Waals surface area contributed by atoms with Crippen molar-refractivity contribution in [2.24, 2.45) is 0 Å². The van der Waals surface area contributed by atoms with E-state index in [1.165, 1.54) is 0 Å². The Labute approximate surface area is 174 Å². The average molecular weight is 405 g/mol. The van der Waals surface area contributed by atoms with Gasteiger partial charge in [0.05, 0.1) is 17.1 Å². The summed E-state index contributed by atoms with van der Waals surface area (Å²) >= 11 is 11.7. The molecule has 0 N–H and O–H groups in total. The first-order valence-corrected chi connectivity index (χ1v) is 9.61. The van der Waals surface area contributed by atoms with Gasteiger partial charge >= 0.3 is 6.03 Å². The quantitative estimate of drug-likeness (QED) is 0.369. The Morgan fingerprint density at radius 2 is 1.43 bits per heavy atom. The van der Waals surface area contributed by atoms with Gasteiger partial charge in [-0.05, 0) is 55.0 Å². The molecule has 28 heavy (non-hydrogen) atoms. The van der Waals surface area contributed by atoms with Gasteiger partial charge in [-0.2, -0.15) is 0 Å². The molecule has 1 heterocycles. The molecule has 0 aromatic heterocycles. The summed E-state index contributed by atoms with van der Waals surface area (Å²) in [4.78, 5) is 17.0. The minimum absolute atomic E-state index is 0.194. The Hall–Kier alpha value is -2.95. The molecule has 1 aliphatic heterocycles. The Bertz CT molecular complexity index is 1060. The summed E-state index contributed by atoms with van der Waals surface area (Å²) in [6, 6.07) is 24.5. The van der Waals surface area contributed by atoms with Crippen molar-refractivity contribution >= 4 is 52.3 Å². The van der Waals surface area contributed by atoms with Crippen LogP contribution in [0.15, 0.2) is 84.6 Å². The van der Waals surface area contributed by atoms with Crippen molar-refractivity contribution in [1.29, 1.82) is 0 Å². The summed E-state index contributed by atoms with van der Waals surface area (Å²) in [6.07, 6.45) is 1.91. The van der Waals surface area contributed by atoms with Crippen molar-refractivity contribution in [3.8, 4) is 0 Å². The van der Waals surface area contributed by atoms with Crippen LogP contribution in [0.1, 0.15) is 11.1 Å². The Morgan fingerprint density at radius 1 is 0.821 bits per heavy atom. The Kier molecular flexibility index (Phi) is 4.99. The molecule has 0 bridgehead atoms. The highest BCUT2D eigenvalue weighted by atomic mass is 35.5. The molecule has 1 fully saturated rings. The summed E-state index contributed by atoms with van der Waals surface area (Å²) in [5, 5.41) is 0.661. The lowest BCUT2D eigenvalue weighted by atomic mass is 10.1. The van der Waals surface area contributed by atoms with Crippen LogP contribution < -0.4 is 9.80 Å². The first-order valence-electron chi connectivity index (χ1n) is 8.82. The molecule has 138 valence electrons. The predicted octanol–water partition coefficient (Wildman–Crippen LogP) is 6.46. The molecule has 0 radical (unpaired) electrons. The number of hydrogen-bond donors (Lipinski definition) is 0. The van der Waals surface area contributed by atoms with Gasteiger partial charge in [0.15, 0.2) is 0 Å². The van der Waals surface area contributed by atoms with Crippen molar-refractivity contribution in [3.05, 3.63) is 101 Å². The van der Waals surface area contributed by atoms with E-state index < -0.39 is 0 Å². The second-order valence-electron chi connectivity index (χ2n) is 6.51. The second-order valence-corrected chi connectivity index (χ2v) is 7.33. The van der Waals surface area contributed by atoms with E-state index >= 15 is 0 Å². The number of para-hydroxylation sites is 1. The molecule has 0 aliphatic carbocycles. The monoisotopic (exact) mass is 404 g/mol. The van der Waals surface area contributed by atoms with Crippen molar-refractivity contribution in [1.82, 2.24) is 0 Å². The van der Waals surface area contributed by atoms with Crippen molar-refractivity contribution in [2.75, 3.05) is 9.80 Å². The van der Waals surface area contributed by atoms with Gasteiger partial charge in [0.1, 0.15) is 4.99 Å². The summed E-state index contributed by atoms with van der Waals surface area (Å²) in [7, 11) is 0. The zero-order chi connectivity index (χ0) is 19.7. The van der Waals surface area contributed by atoms with Gasteiger partial charge in [0, 0.05) is 5.02 Å². The van der Waals surface area contributed by atoms with Crippen LogP contribution >= 0.6 is 23.8 Å². The van der Waals surface area contributed by atoms with Crippen molar-refractivity contribution in [3.63, 3.8) is 0 Å². The lowest BCUT2D eigenvalue weighted by molar-refractivity contribution is 0.257. The summed E-state index contributed by atoms with van der Waals surface area (Å²) in [6.45, 7) is 2.01. The number of carbonyl (C=O) groups excluding carboxylic acids is 1. The zero-order valence-electron chi connectivity index (χ0n) is 15.2. The van der Waals surface area contributed by atoms with Crippen LogP contribution in [0.4, 0.5) is 16.2 Å². The smallest absolute Gasteiger partial charge is 0.259 e. The number of amides is 2. The average Bonchev–Trinajstić information content (AvgIpc) is 2.95. The number of rotatable bonds is 3. The molecule has 3 aromatic rings. The molecule has 0 unspecified atom stereocenters. The number of halogens is 1. The number of anilines is 2. The number of benzene rings is 3. The summed E-state index contributed by atoms with van der Waals surface area (Å²) in [5.74, 6) is 0. The Morgan fingerprint density at radius 3 is 2.07 bits per heavy atom. The van der Waals surface area contributed by atoms with Gasteiger partial charge in [-0.15, -0.1) is 0 Å². The van der Waals surface area contributed by atoms with E-state index in [9.17, 15) is 4.79 Å². The third kappa shape index (κ3) is 3.44. The van der Waals surface area contributed by atoms with E-state index in [-0.39, 0.29) is 6.03 Å². The van der Waals surface area contributed by atoms with Crippen LogP contribution in [0.25, 0.3) is 6.08 Å². The lowest BCUT2D eigenvalue weighted by Gasteiger charge is -2.18. The van der Waals surface area contributed by atoms with E-state index in [0.29, 0.717) is 15.7 Å². The first kappa shape index (κ1) is 18.4. The third-order valence-corrected chi connectivity index (χ3v) is 5.17. The predicted molar refractivity (Wildman–Crippen MR) is 120 cm³/mol.